The molecule has 3 rings (SSSR count). The van der Waals surface area contributed by atoms with Gasteiger partial charge in [-0.3, -0.25) is 0 Å². The lowest BCUT2D eigenvalue weighted by molar-refractivity contribution is 0.463. The van der Waals surface area contributed by atoms with Gasteiger partial charge in [-0.25, -0.2) is 22.1 Å². The van der Waals surface area contributed by atoms with Gasteiger partial charge < -0.3 is 5.73 Å². The number of guanidine groups is 1. The normalized spacial score (nSPS) is 21.6. The highest BCUT2D eigenvalue weighted by Crippen LogP contribution is 2.38. The van der Waals surface area contributed by atoms with E-state index in [0.717, 1.165) is 10.4 Å². The quantitative estimate of drug-likeness (QED) is 0.815. The van der Waals surface area contributed by atoms with Crippen molar-refractivity contribution < 1.29 is 12.8 Å². The minimum Gasteiger partial charge on any atom is -0.369 e. The van der Waals surface area contributed by atoms with Crippen molar-refractivity contribution in [1.82, 2.24) is 4.31 Å². The van der Waals surface area contributed by atoms with E-state index in [0.29, 0.717) is 20.3 Å². The maximum absolute atomic E-state index is 13.7. The van der Waals surface area contributed by atoms with Gasteiger partial charge in [-0.1, -0.05) is 11.6 Å². The highest BCUT2D eigenvalue weighted by molar-refractivity contribution is 7.89. The highest BCUT2D eigenvalue weighted by Gasteiger charge is 2.39. The molecule has 27 heavy (non-hydrogen) atoms. The number of rotatable bonds is 3. The number of hydrogen-bond donors (Lipinski definition) is 1. The van der Waals surface area contributed by atoms with Gasteiger partial charge in [-0.15, -0.1) is 11.3 Å². The molecule has 1 atom stereocenters. The third-order valence-electron chi connectivity index (χ3n) is 4.23. The average molecular weight is 427 g/mol. The SMILES string of the molecule is CN1C(N)=N[C@](C)(Cc2sc(-c3cc(F)cc(C#N)c3)cc2Cl)CS1(=O)=O. The Bertz CT molecular complexity index is 1090. The maximum atomic E-state index is 13.7. The van der Waals surface area contributed by atoms with E-state index in [1.807, 2.05) is 6.07 Å². The summed E-state index contributed by atoms with van der Waals surface area (Å²) in [6.07, 6.45) is 0.269. The number of nitriles is 1. The van der Waals surface area contributed by atoms with Gasteiger partial charge in [0.15, 0.2) is 0 Å². The smallest absolute Gasteiger partial charge is 0.239 e. The summed E-state index contributed by atoms with van der Waals surface area (Å²) >= 11 is 7.65. The van der Waals surface area contributed by atoms with Crippen LogP contribution in [0.4, 0.5) is 4.39 Å². The van der Waals surface area contributed by atoms with Gasteiger partial charge in [-0.2, -0.15) is 5.26 Å². The third-order valence-corrected chi connectivity index (χ3v) is 7.87. The van der Waals surface area contributed by atoms with E-state index >= 15 is 0 Å². The van der Waals surface area contributed by atoms with Crippen LogP contribution in [-0.2, 0) is 16.4 Å². The Kier molecular flexibility index (Phi) is 4.93. The molecule has 0 fully saturated rings. The molecule has 0 saturated heterocycles. The average Bonchev–Trinajstić information content (AvgIpc) is 2.92. The fourth-order valence-electron chi connectivity index (χ4n) is 2.91. The van der Waals surface area contributed by atoms with E-state index in [1.54, 1.807) is 19.1 Å². The Morgan fingerprint density at radius 2 is 2.15 bits per heavy atom. The number of benzene rings is 1. The van der Waals surface area contributed by atoms with Crippen LogP contribution in [0.2, 0.25) is 5.02 Å². The second-order valence-electron chi connectivity index (χ2n) is 6.59. The second kappa shape index (κ2) is 6.78. The van der Waals surface area contributed by atoms with Crippen LogP contribution in [0.1, 0.15) is 17.4 Å². The molecule has 142 valence electrons. The molecule has 2 aromatic rings. The number of sulfonamides is 1. The summed E-state index contributed by atoms with van der Waals surface area (Å²) in [4.78, 5) is 5.74. The number of thiophene rings is 1. The van der Waals surface area contributed by atoms with Crippen LogP contribution in [0.15, 0.2) is 29.3 Å². The molecular weight excluding hydrogens is 411 g/mol. The first-order chi connectivity index (χ1) is 12.5. The fourth-order valence-corrected chi connectivity index (χ4v) is 5.96. The van der Waals surface area contributed by atoms with Crippen molar-refractivity contribution >= 4 is 38.9 Å². The minimum atomic E-state index is -3.56. The van der Waals surface area contributed by atoms with Crippen LogP contribution in [0.5, 0.6) is 0 Å². The van der Waals surface area contributed by atoms with E-state index < -0.39 is 21.4 Å². The third kappa shape index (κ3) is 3.93. The molecule has 0 spiro atoms. The van der Waals surface area contributed by atoms with Crippen molar-refractivity contribution in [2.75, 3.05) is 12.8 Å². The van der Waals surface area contributed by atoms with Gasteiger partial charge in [0.25, 0.3) is 0 Å². The maximum Gasteiger partial charge on any atom is 0.239 e. The summed E-state index contributed by atoms with van der Waals surface area (Å²) in [6, 6.07) is 7.65. The van der Waals surface area contributed by atoms with Crippen LogP contribution in [-0.4, -0.2) is 37.0 Å². The molecule has 2 heterocycles. The van der Waals surface area contributed by atoms with E-state index in [9.17, 15) is 12.8 Å². The molecule has 6 nitrogen and oxygen atoms in total. The molecule has 10 heteroatoms. The van der Waals surface area contributed by atoms with Crippen molar-refractivity contribution in [2.24, 2.45) is 10.7 Å². The minimum absolute atomic E-state index is 0.0690. The van der Waals surface area contributed by atoms with E-state index in [1.165, 1.54) is 24.5 Å². The van der Waals surface area contributed by atoms with Crippen molar-refractivity contribution in [3.05, 3.63) is 45.5 Å². The Hall–Kier alpha value is -2.15. The molecule has 0 saturated carbocycles. The molecule has 0 amide bonds. The zero-order valence-corrected chi connectivity index (χ0v) is 16.9. The lowest BCUT2D eigenvalue weighted by atomic mass is 10.0. The second-order valence-corrected chi connectivity index (χ2v) is 10.1. The van der Waals surface area contributed by atoms with E-state index in [-0.39, 0.29) is 23.7 Å². The van der Waals surface area contributed by atoms with E-state index in [2.05, 4.69) is 4.99 Å². The number of halogens is 2. The van der Waals surface area contributed by atoms with Crippen LogP contribution < -0.4 is 5.73 Å². The lowest BCUT2D eigenvalue weighted by Crippen LogP contribution is -2.52. The molecule has 1 aliphatic rings. The number of hydrogen-bond acceptors (Lipinski definition) is 6. The highest BCUT2D eigenvalue weighted by atomic mass is 35.5. The molecular formula is C17H16ClFN4O2S2. The Morgan fingerprint density at radius 1 is 1.44 bits per heavy atom. The van der Waals surface area contributed by atoms with Gasteiger partial charge in [-0.05, 0) is 36.8 Å². The Balaban J connectivity index is 1.97. The van der Waals surface area contributed by atoms with Crippen molar-refractivity contribution in [3.63, 3.8) is 0 Å². The molecule has 1 aromatic carbocycles. The van der Waals surface area contributed by atoms with Crippen molar-refractivity contribution in [2.45, 2.75) is 18.9 Å². The van der Waals surface area contributed by atoms with Crippen molar-refractivity contribution in [1.29, 1.82) is 5.26 Å². The lowest BCUT2D eigenvalue weighted by Gasteiger charge is -2.33. The van der Waals surface area contributed by atoms with Gasteiger partial charge in [0.2, 0.25) is 16.0 Å². The topological polar surface area (TPSA) is 99.5 Å². The van der Waals surface area contributed by atoms with Crippen LogP contribution in [0.25, 0.3) is 10.4 Å². The number of nitrogens with zero attached hydrogens (tertiary/aromatic N) is 3. The number of nitrogens with two attached hydrogens (primary N) is 1. The van der Waals surface area contributed by atoms with E-state index in [4.69, 9.17) is 22.6 Å². The Morgan fingerprint density at radius 3 is 2.78 bits per heavy atom. The fraction of sp³-hybridized carbons (Fsp3) is 0.294. The van der Waals surface area contributed by atoms with Gasteiger partial charge in [0.05, 0.1) is 27.9 Å². The monoisotopic (exact) mass is 426 g/mol. The van der Waals surface area contributed by atoms with Crippen LogP contribution in [0, 0.1) is 17.1 Å². The van der Waals surface area contributed by atoms with Crippen LogP contribution in [0.3, 0.4) is 0 Å². The molecule has 0 unspecified atom stereocenters. The summed E-state index contributed by atoms with van der Waals surface area (Å²) in [6.45, 7) is 1.70. The predicted molar refractivity (Wildman–Crippen MR) is 105 cm³/mol. The summed E-state index contributed by atoms with van der Waals surface area (Å²) in [7, 11) is -2.20. The van der Waals surface area contributed by atoms with Gasteiger partial charge in [0, 0.05) is 23.2 Å². The molecule has 0 bridgehead atoms. The zero-order valence-electron chi connectivity index (χ0n) is 14.5. The molecule has 1 aliphatic heterocycles. The molecule has 0 aliphatic carbocycles. The summed E-state index contributed by atoms with van der Waals surface area (Å²) in [5.74, 6) is -0.777. The van der Waals surface area contributed by atoms with Gasteiger partial charge in [0.1, 0.15) is 5.82 Å². The first kappa shape index (κ1) is 19.6. The Labute approximate surface area is 165 Å². The molecule has 0 radical (unpaired) electrons. The zero-order chi connectivity index (χ0) is 20.0. The molecule has 2 N–H and O–H groups in total. The predicted octanol–water partition coefficient (Wildman–Crippen LogP) is 2.97. The summed E-state index contributed by atoms with van der Waals surface area (Å²) in [5, 5.41) is 9.45. The van der Waals surface area contributed by atoms with Gasteiger partial charge >= 0.3 is 0 Å². The first-order valence-corrected chi connectivity index (χ1v) is 10.6. The standard InChI is InChI=1S/C17H16ClFN4O2S2/c1-17(9-27(24,25)23(2)16(21)22-17)7-15-13(18)6-14(26-15)11-3-10(8-20)4-12(19)5-11/h3-6H,7,9H2,1-2H3,(H2,21,22)/t17-/m1/s1. The molecule has 1 aromatic heterocycles. The van der Waals surface area contributed by atoms with Crippen molar-refractivity contribution in [3.8, 4) is 16.5 Å². The first-order valence-electron chi connectivity index (χ1n) is 7.84. The summed E-state index contributed by atoms with van der Waals surface area (Å²) in [5.41, 5.74) is 5.55. The van der Waals surface area contributed by atoms with Crippen LogP contribution >= 0.6 is 22.9 Å². The number of aliphatic imine (C=N–C) groups is 1. The largest absolute Gasteiger partial charge is 0.369 e. The summed E-state index contributed by atoms with van der Waals surface area (Å²) < 4.78 is 39.3.